The second kappa shape index (κ2) is 7.51. The average Bonchev–Trinajstić information content (AvgIpc) is 2.75. The highest BCUT2D eigenvalue weighted by Gasteiger charge is 2.51. The number of aliphatic hydroxyl groups is 2. The maximum atomic E-state index is 13.9. The van der Waals surface area contributed by atoms with Gasteiger partial charge in [-0.1, -0.05) is 12.1 Å². The number of ketones is 2. The number of nitrogens with two attached hydrogens (primary N) is 1. The molecule has 5 rings (SSSR count). The number of amides is 1. The van der Waals surface area contributed by atoms with Gasteiger partial charge in [0.1, 0.15) is 22.8 Å². The SMILES string of the molecule is NC(=O)C1=C(O)C2C(=O)C3=C(O)c4c(O)ccc(-c5ccc(F)c(F)c5)c4C[C@H]3CC2CC1=O. The zero-order chi connectivity index (χ0) is 24.5. The molecule has 2 unspecified atom stereocenters. The Hall–Kier alpha value is -4.01. The molecule has 5 N–H and O–H groups in total. The van der Waals surface area contributed by atoms with Gasteiger partial charge >= 0.3 is 0 Å². The number of rotatable bonds is 2. The molecule has 1 amide bonds. The molecule has 7 nitrogen and oxygen atoms in total. The van der Waals surface area contributed by atoms with Crippen LogP contribution in [0, 0.1) is 29.4 Å². The molecule has 0 radical (unpaired) electrons. The fourth-order valence-corrected chi connectivity index (χ4v) is 5.58. The minimum atomic E-state index is -1.20. The molecule has 1 fully saturated rings. The van der Waals surface area contributed by atoms with Crippen molar-refractivity contribution >= 4 is 23.2 Å². The first kappa shape index (κ1) is 21.8. The second-order valence-corrected chi connectivity index (χ2v) is 8.87. The van der Waals surface area contributed by atoms with Crippen molar-refractivity contribution in [3.63, 3.8) is 0 Å². The Bertz CT molecular complexity index is 1380. The number of carbonyl (C=O) groups is 3. The van der Waals surface area contributed by atoms with Crippen LogP contribution >= 0.6 is 0 Å². The minimum Gasteiger partial charge on any atom is -0.511 e. The molecule has 2 aromatic carbocycles. The standard InChI is InChI=1S/C25H19F2NO6/c26-14-3-1-9(7-15(14)27)12-2-4-16(29)20-13(12)6-10-5-11-8-17(30)21(25(28)34)24(33)19(11)22(31)18(10)23(20)32/h1-4,7,10-11,19,29,32-33H,5-6,8H2,(H2,28,34)/t10-,11?,19?/m1/s1. The summed E-state index contributed by atoms with van der Waals surface area (Å²) in [6.07, 6.45) is 0.254. The van der Waals surface area contributed by atoms with Crippen molar-refractivity contribution in [1.29, 1.82) is 0 Å². The summed E-state index contributed by atoms with van der Waals surface area (Å²) in [6.45, 7) is 0. The molecule has 174 valence electrons. The molecule has 0 bridgehead atoms. The third kappa shape index (κ3) is 3.03. The fourth-order valence-electron chi connectivity index (χ4n) is 5.58. The number of allylic oxidation sites excluding steroid dienone is 2. The van der Waals surface area contributed by atoms with Crippen LogP contribution in [0.5, 0.6) is 5.75 Å². The van der Waals surface area contributed by atoms with Gasteiger partial charge in [-0.25, -0.2) is 8.78 Å². The average molecular weight is 467 g/mol. The monoisotopic (exact) mass is 467 g/mol. The molecule has 0 spiro atoms. The topological polar surface area (TPSA) is 138 Å². The summed E-state index contributed by atoms with van der Waals surface area (Å²) in [6, 6.07) is 6.16. The lowest BCUT2D eigenvalue weighted by molar-refractivity contribution is -0.127. The molecule has 0 heterocycles. The molecule has 0 aliphatic heterocycles. The summed E-state index contributed by atoms with van der Waals surface area (Å²) >= 11 is 0. The Morgan fingerprint density at radius 3 is 2.41 bits per heavy atom. The highest BCUT2D eigenvalue weighted by Crippen LogP contribution is 2.51. The predicted molar refractivity (Wildman–Crippen MR) is 115 cm³/mol. The van der Waals surface area contributed by atoms with Crippen LogP contribution in [-0.4, -0.2) is 32.8 Å². The van der Waals surface area contributed by atoms with E-state index in [2.05, 4.69) is 0 Å². The lowest BCUT2D eigenvalue weighted by atomic mass is 9.61. The van der Waals surface area contributed by atoms with Gasteiger partial charge in [0, 0.05) is 12.0 Å². The van der Waals surface area contributed by atoms with Gasteiger partial charge in [-0.05, 0) is 59.6 Å². The van der Waals surface area contributed by atoms with E-state index >= 15 is 0 Å². The lowest BCUT2D eigenvalue weighted by Crippen LogP contribution is -2.44. The van der Waals surface area contributed by atoms with E-state index in [-0.39, 0.29) is 36.1 Å². The normalized spacial score (nSPS) is 24.0. The number of halogens is 2. The van der Waals surface area contributed by atoms with Gasteiger partial charge in [-0.3, -0.25) is 14.4 Å². The van der Waals surface area contributed by atoms with Gasteiger partial charge in [0.25, 0.3) is 5.91 Å². The summed E-state index contributed by atoms with van der Waals surface area (Å²) in [5.41, 5.74) is 5.81. The Labute approximate surface area is 191 Å². The summed E-state index contributed by atoms with van der Waals surface area (Å²) < 4.78 is 27.4. The van der Waals surface area contributed by atoms with Crippen LogP contribution in [0.3, 0.4) is 0 Å². The van der Waals surface area contributed by atoms with Crippen LogP contribution in [0.1, 0.15) is 24.0 Å². The van der Waals surface area contributed by atoms with Crippen LogP contribution in [0.15, 0.2) is 47.2 Å². The number of fused-ring (bicyclic) bond motifs is 3. The lowest BCUT2D eigenvalue weighted by Gasteiger charge is -2.41. The zero-order valence-electron chi connectivity index (χ0n) is 17.6. The van der Waals surface area contributed by atoms with Crippen LogP contribution in [0.4, 0.5) is 8.78 Å². The van der Waals surface area contributed by atoms with Crippen LogP contribution in [-0.2, 0) is 20.8 Å². The van der Waals surface area contributed by atoms with E-state index in [0.29, 0.717) is 16.7 Å². The number of benzene rings is 2. The number of hydrogen-bond donors (Lipinski definition) is 4. The molecule has 9 heteroatoms. The highest BCUT2D eigenvalue weighted by atomic mass is 19.2. The Morgan fingerprint density at radius 2 is 1.74 bits per heavy atom. The van der Waals surface area contributed by atoms with Gasteiger partial charge in [0.15, 0.2) is 23.2 Å². The van der Waals surface area contributed by atoms with Crippen molar-refractivity contribution in [3.8, 4) is 16.9 Å². The third-order valence-corrected chi connectivity index (χ3v) is 7.00. The molecular formula is C25H19F2NO6. The number of aliphatic hydroxyl groups excluding tert-OH is 2. The highest BCUT2D eigenvalue weighted by molar-refractivity contribution is 6.21. The molecule has 34 heavy (non-hydrogen) atoms. The van der Waals surface area contributed by atoms with E-state index in [4.69, 9.17) is 5.73 Å². The fraction of sp³-hybridized carbons (Fsp3) is 0.240. The van der Waals surface area contributed by atoms with E-state index in [9.17, 15) is 38.5 Å². The first-order valence-corrected chi connectivity index (χ1v) is 10.6. The Kier molecular flexibility index (Phi) is 4.82. The number of carbonyl (C=O) groups excluding carboxylic acids is 3. The number of hydrogen-bond acceptors (Lipinski definition) is 6. The first-order chi connectivity index (χ1) is 16.1. The summed E-state index contributed by atoms with van der Waals surface area (Å²) in [5.74, 6) is -8.34. The van der Waals surface area contributed by atoms with Gasteiger partial charge in [0.2, 0.25) is 0 Å². The van der Waals surface area contributed by atoms with Crippen molar-refractivity contribution in [2.24, 2.45) is 23.5 Å². The van der Waals surface area contributed by atoms with Crippen LogP contribution in [0.25, 0.3) is 16.9 Å². The maximum Gasteiger partial charge on any atom is 0.255 e. The van der Waals surface area contributed by atoms with Gasteiger partial charge in [-0.2, -0.15) is 0 Å². The molecule has 0 saturated heterocycles. The van der Waals surface area contributed by atoms with Gasteiger partial charge < -0.3 is 21.1 Å². The maximum absolute atomic E-state index is 13.9. The molecule has 0 aromatic heterocycles. The molecule has 3 aliphatic rings. The number of phenolic OH excluding ortho intramolecular Hbond substituents is 1. The second-order valence-electron chi connectivity index (χ2n) is 8.87. The Balaban J connectivity index is 1.67. The predicted octanol–water partition coefficient (Wildman–Crippen LogP) is 3.25. The summed E-state index contributed by atoms with van der Waals surface area (Å²) in [4.78, 5) is 37.4. The first-order valence-electron chi connectivity index (χ1n) is 10.6. The van der Waals surface area contributed by atoms with Crippen molar-refractivity contribution < 1.29 is 38.5 Å². The Morgan fingerprint density at radius 1 is 1.00 bits per heavy atom. The van der Waals surface area contributed by atoms with Gasteiger partial charge in [-0.15, -0.1) is 0 Å². The van der Waals surface area contributed by atoms with Crippen molar-refractivity contribution in [2.75, 3.05) is 0 Å². The molecule has 3 atom stereocenters. The van der Waals surface area contributed by atoms with Crippen molar-refractivity contribution in [2.45, 2.75) is 19.3 Å². The van der Waals surface area contributed by atoms with E-state index in [1.807, 2.05) is 0 Å². The summed E-state index contributed by atoms with van der Waals surface area (Å²) in [7, 11) is 0. The van der Waals surface area contributed by atoms with Crippen molar-refractivity contribution in [1.82, 2.24) is 0 Å². The quantitative estimate of drug-likeness (QED) is 0.500. The number of phenols is 1. The van der Waals surface area contributed by atoms with E-state index in [0.717, 1.165) is 12.1 Å². The molecule has 1 saturated carbocycles. The third-order valence-electron chi connectivity index (χ3n) is 7.00. The van der Waals surface area contributed by atoms with Gasteiger partial charge in [0.05, 0.1) is 11.5 Å². The van der Waals surface area contributed by atoms with Crippen LogP contribution < -0.4 is 5.73 Å². The number of aromatic hydroxyl groups is 1. The molecular weight excluding hydrogens is 448 g/mol. The number of primary amides is 1. The zero-order valence-corrected chi connectivity index (χ0v) is 17.6. The van der Waals surface area contributed by atoms with E-state index in [1.165, 1.54) is 18.2 Å². The smallest absolute Gasteiger partial charge is 0.255 e. The minimum absolute atomic E-state index is 0.00855. The molecule has 2 aromatic rings. The largest absolute Gasteiger partial charge is 0.511 e. The van der Waals surface area contributed by atoms with E-state index < -0.39 is 64.0 Å². The number of Topliss-reactive ketones (excluding diaryl/α,β-unsaturated/α-hetero) is 2. The van der Waals surface area contributed by atoms with Crippen molar-refractivity contribution in [3.05, 3.63) is 70.0 Å². The summed E-state index contributed by atoms with van der Waals surface area (Å²) in [5, 5.41) is 32.2. The van der Waals surface area contributed by atoms with E-state index in [1.54, 1.807) is 0 Å². The molecule has 3 aliphatic carbocycles. The van der Waals surface area contributed by atoms with Crippen LogP contribution in [0.2, 0.25) is 0 Å².